The molecule has 19 heavy (non-hydrogen) atoms. The predicted octanol–water partition coefficient (Wildman–Crippen LogP) is 3.22. The van der Waals surface area contributed by atoms with Gasteiger partial charge in [0.2, 0.25) is 0 Å². The zero-order valence-electron chi connectivity index (χ0n) is 11.9. The molecule has 108 valence electrons. The zero-order valence-corrected chi connectivity index (χ0v) is 13.5. The molecular formula is C14H25BrN4. The van der Waals surface area contributed by atoms with Gasteiger partial charge in [-0.05, 0) is 19.3 Å². The lowest BCUT2D eigenvalue weighted by Gasteiger charge is -2.33. The van der Waals surface area contributed by atoms with Crippen molar-refractivity contribution in [2.24, 2.45) is 0 Å². The van der Waals surface area contributed by atoms with Crippen molar-refractivity contribution in [3.8, 4) is 0 Å². The van der Waals surface area contributed by atoms with Crippen LogP contribution in [0.3, 0.4) is 0 Å². The van der Waals surface area contributed by atoms with Crippen molar-refractivity contribution in [1.82, 2.24) is 19.7 Å². The summed E-state index contributed by atoms with van der Waals surface area (Å²) in [5, 5.41) is 5.36. The van der Waals surface area contributed by atoms with Gasteiger partial charge in [0.15, 0.2) is 0 Å². The van der Waals surface area contributed by atoms with E-state index in [1.165, 1.54) is 32.1 Å². The summed E-state index contributed by atoms with van der Waals surface area (Å²) < 4.78 is 2.06. The normalized spacial score (nSPS) is 17.2. The average molecular weight is 329 g/mol. The Morgan fingerprint density at radius 1 is 1.37 bits per heavy atom. The van der Waals surface area contributed by atoms with Crippen LogP contribution in [0, 0.1) is 0 Å². The number of halogens is 1. The molecule has 0 atom stereocenters. The highest BCUT2D eigenvalue weighted by atomic mass is 79.9. The van der Waals surface area contributed by atoms with E-state index in [4.69, 9.17) is 0 Å². The van der Waals surface area contributed by atoms with Gasteiger partial charge >= 0.3 is 0 Å². The number of aryl methyl sites for hydroxylation is 1. The molecular weight excluding hydrogens is 304 g/mol. The number of aromatic nitrogens is 3. The van der Waals surface area contributed by atoms with E-state index in [2.05, 4.69) is 42.5 Å². The van der Waals surface area contributed by atoms with Gasteiger partial charge in [-0.2, -0.15) is 5.10 Å². The minimum Gasteiger partial charge on any atom is -0.292 e. The van der Waals surface area contributed by atoms with E-state index >= 15 is 0 Å². The number of hydrogen-bond donors (Lipinski definition) is 0. The fourth-order valence-electron chi connectivity index (χ4n) is 2.94. The van der Waals surface area contributed by atoms with Gasteiger partial charge in [0.05, 0.1) is 6.54 Å². The third kappa shape index (κ3) is 4.28. The van der Waals surface area contributed by atoms with Gasteiger partial charge in [0, 0.05) is 24.5 Å². The maximum Gasteiger partial charge on any atom is 0.141 e. The number of hydrogen-bond acceptors (Lipinski definition) is 3. The lowest BCUT2D eigenvalue weighted by atomic mass is 9.94. The Balaban J connectivity index is 2.00. The van der Waals surface area contributed by atoms with Crippen molar-refractivity contribution in [2.75, 3.05) is 11.9 Å². The van der Waals surface area contributed by atoms with Crippen LogP contribution in [0.25, 0.3) is 0 Å². The molecule has 1 aliphatic rings. The first kappa shape index (κ1) is 15.0. The third-order valence-electron chi connectivity index (χ3n) is 3.94. The SMILES string of the molecule is CCCn1ncnc1CN(CCBr)C1CCCCC1. The van der Waals surface area contributed by atoms with Crippen molar-refractivity contribution in [2.45, 2.75) is 64.6 Å². The van der Waals surface area contributed by atoms with Crippen LogP contribution in [-0.4, -0.2) is 37.6 Å². The monoisotopic (exact) mass is 328 g/mol. The molecule has 1 aliphatic carbocycles. The number of alkyl halides is 1. The molecule has 0 aromatic carbocycles. The molecule has 0 unspecified atom stereocenters. The molecule has 1 heterocycles. The first-order valence-corrected chi connectivity index (χ1v) is 8.64. The molecule has 1 fully saturated rings. The molecule has 1 aromatic rings. The molecule has 1 saturated carbocycles. The quantitative estimate of drug-likeness (QED) is 0.720. The van der Waals surface area contributed by atoms with Crippen LogP contribution in [0.15, 0.2) is 6.33 Å². The van der Waals surface area contributed by atoms with E-state index in [1.54, 1.807) is 6.33 Å². The molecule has 0 spiro atoms. The van der Waals surface area contributed by atoms with Crippen molar-refractivity contribution in [3.05, 3.63) is 12.2 Å². The lowest BCUT2D eigenvalue weighted by Crippen LogP contribution is -2.38. The van der Waals surface area contributed by atoms with E-state index in [0.717, 1.165) is 43.3 Å². The highest BCUT2D eigenvalue weighted by Crippen LogP contribution is 2.23. The molecule has 1 aromatic heterocycles. The zero-order chi connectivity index (χ0) is 13.5. The molecule has 0 N–H and O–H groups in total. The standard InChI is InChI=1S/C14H25BrN4/c1-2-9-19-14(16-12-17-19)11-18(10-8-15)13-6-4-3-5-7-13/h12-13H,2-11H2,1H3. The van der Waals surface area contributed by atoms with E-state index in [0.29, 0.717) is 0 Å². The highest BCUT2D eigenvalue weighted by Gasteiger charge is 2.22. The van der Waals surface area contributed by atoms with Crippen LogP contribution < -0.4 is 0 Å². The van der Waals surface area contributed by atoms with Crippen LogP contribution in [0.4, 0.5) is 0 Å². The van der Waals surface area contributed by atoms with E-state index in [1.807, 2.05) is 0 Å². The molecule has 0 saturated heterocycles. The number of nitrogens with zero attached hydrogens (tertiary/aromatic N) is 4. The highest BCUT2D eigenvalue weighted by molar-refractivity contribution is 9.09. The average Bonchev–Trinajstić information content (AvgIpc) is 2.87. The molecule has 0 amide bonds. The Bertz CT molecular complexity index is 360. The molecule has 4 nitrogen and oxygen atoms in total. The van der Waals surface area contributed by atoms with Crippen molar-refractivity contribution >= 4 is 15.9 Å². The summed E-state index contributed by atoms with van der Waals surface area (Å²) >= 11 is 3.59. The number of rotatable bonds is 7. The van der Waals surface area contributed by atoms with Gasteiger partial charge in [-0.15, -0.1) is 0 Å². The maximum absolute atomic E-state index is 4.45. The minimum atomic E-state index is 0.734. The van der Waals surface area contributed by atoms with Crippen LogP contribution in [0.5, 0.6) is 0 Å². The van der Waals surface area contributed by atoms with Gasteiger partial charge in [0.25, 0.3) is 0 Å². The second-order valence-electron chi connectivity index (χ2n) is 5.35. The summed E-state index contributed by atoms with van der Waals surface area (Å²) in [4.78, 5) is 7.03. The molecule has 0 aliphatic heterocycles. The summed E-state index contributed by atoms with van der Waals surface area (Å²) in [6.45, 7) is 5.20. The lowest BCUT2D eigenvalue weighted by molar-refractivity contribution is 0.151. The summed E-state index contributed by atoms with van der Waals surface area (Å²) in [5.74, 6) is 1.12. The smallest absolute Gasteiger partial charge is 0.141 e. The Kier molecular flexibility index (Phi) is 6.31. The Morgan fingerprint density at radius 3 is 2.84 bits per heavy atom. The second kappa shape index (κ2) is 8.00. The van der Waals surface area contributed by atoms with E-state index in [-0.39, 0.29) is 0 Å². The van der Waals surface area contributed by atoms with Crippen molar-refractivity contribution < 1.29 is 0 Å². The van der Waals surface area contributed by atoms with Gasteiger partial charge < -0.3 is 0 Å². The maximum atomic E-state index is 4.45. The Hall–Kier alpha value is -0.420. The molecule has 2 rings (SSSR count). The second-order valence-corrected chi connectivity index (χ2v) is 6.14. The van der Waals surface area contributed by atoms with Gasteiger partial charge in [0.1, 0.15) is 12.2 Å². The van der Waals surface area contributed by atoms with Crippen molar-refractivity contribution in [3.63, 3.8) is 0 Å². The van der Waals surface area contributed by atoms with Crippen LogP contribution >= 0.6 is 15.9 Å². The van der Waals surface area contributed by atoms with E-state index < -0.39 is 0 Å². The fraction of sp³-hybridized carbons (Fsp3) is 0.857. The van der Waals surface area contributed by atoms with Crippen LogP contribution in [0.1, 0.15) is 51.3 Å². The predicted molar refractivity (Wildman–Crippen MR) is 81.4 cm³/mol. The van der Waals surface area contributed by atoms with E-state index in [9.17, 15) is 0 Å². The Morgan fingerprint density at radius 2 is 2.16 bits per heavy atom. The van der Waals surface area contributed by atoms with Gasteiger partial charge in [-0.25, -0.2) is 9.67 Å². The fourth-order valence-corrected chi connectivity index (χ4v) is 3.39. The Labute approximate surface area is 124 Å². The molecule has 5 heteroatoms. The summed E-state index contributed by atoms with van der Waals surface area (Å²) in [7, 11) is 0. The summed E-state index contributed by atoms with van der Waals surface area (Å²) in [5.41, 5.74) is 0. The van der Waals surface area contributed by atoms with Crippen LogP contribution in [0.2, 0.25) is 0 Å². The third-order valence-corrected chi connectivity index (χ3v) is 4.29. The largest absolute Gasteiger partial charge is 0.292 e. The molecule has 0 bridgehead atoms. The van der Waals surface area contributed by atoms with Gasteiger partial charge in [-0.1, -0.05) is 42.1 Å². The minimum absolute atomic E-state index is 0.734. The summed E-state index contributed by atoms with van der Waals surface area (Å²) in [6.07, 6.45) is 9.65. The molecule has 0 radical (unpaired) electrons. The summed E-state index contributed by atoms with van der Waals surface area (Å²) in [6, 6.07) is 0.734. The first-order valence-electron chi connectivity index (χ1n) is 7.51. The van der Waals surface area contributed by atoms with Crippen molar-refractivity contribution in [1.29, 1.82) is 0 Å². The van der Waals surface area contributed by atoms with Crippen LogP contribution in [-0.2, 0) is 13.1 Å². The first-order chi connectivity index (χ1) is 9.35. The topological polar surface area (TPSA) is 34.0 Å². The van der Waals surface area contributed by atoms with Gasteiger partial charge in [-0.3, -0.25) is 4.90 Å².